The molecule has 1 aliphatic heterocycles. The Balaban J connectivity index is 1.60. The number of hydrogen-bond donors (Lipinski definition) is 2. The first-order valence-corrected chi connectivity index (χ1v) is 10.4. The van der Waals surface area contributed by atoms with Crippen LogP contribution in [0.2, 0.25) is 0 Å². The molecule has 2 aromatic carbocycles. The van der Waals surface area contributed by atoms with Crippen LogP contribution in [0.1, 0.15) is 54.8 Å². The van der Waals surface area contributed by atoms with E-state index in [-0.39, 0.29) is 17.9 Å². The third kappa shape index (κ3) is 3.87. The van der Waals surface area contributed by atoms with Gasteiger partial charge in [0.1, 0.15) is 5.82 Å². The summed E-state index contributed by atoms with van der Waals surface area (Å²) in [4.78, 5) is 31.1. The SMILES string of the molecule is CC(C)n1c(C2CCCN(C(=O)c3cccc(NC(N)=O)c3)C2)nc2ccccc21. The fourth-order valence-corrected chi connectivity index (χ4v) is 4.32. The minimum Gasteiger partial charge on any atom is -0.351 e. The van der Waals surface area contributed by atoms with E-state index < -0.39 is 6.03 Å². The summed E-state index contributed by atoms with van der Waals surface area (Å²) in [5, 5.41) is 2.53. The number of piperidine rings is 1. The molecule has 4 rings (SSSR count). The third-order valence-corrected chi connectivity index (χ3v) is 5.59. The lowest BCUT2D eigenvalue weighted by atomic mass is 9.96. The molecule has 0 aliphatic carbocycles. The van der Waals surface area contributed by atoms with Crippen molar-refractivity contribution in [3.05, 3.63) is 59.9 Å². The molecule has 1 aromatic heterocycles. The number of anilines is 1. The molecule has 3 amide bonds. The van der Waals surface area contributed by atoms with Crippen molar-refractivity contribution < 1.29 is 9.59 Å². The van der Waals surface area contributed by atoms with Crippen molar-refractivity contribution in [1.82, 2.24) is 14.5 Å². The van der Waals surface area contributed by atoms with Gasteiger partial charge in [-0.25, -0.2) is 9.78 Å². The number of carbonyl (C=O) groups excluding carboxylic acids is 2. The summed E-state index contributed by atoms with van der Waals surface area (Å²) in [7, 11) is 0. The van der Waals surface area contributed by atoms with Crippen LogP contribution in [0.25, 0.3) is 11.0 Å². The maximum Gasteiger partial charge on any atom is 0.316 e. The van der Waals surface area contributed by atoms with Gasteiger partial charge in [-0.2, -0.15) is 0 Å². The van der Waals surface area contributed by atoms with Crippen molar-refractivity contribution in [2.45, 2.75) is 38.6 Å². The molecule has 3 aromatic rings. The smallest absolute Gasteiger partial charge is 0.316 e. The van der Waals surface area contributed by atoms with Gasteiger partial charge in [0.15, 0.2) is 0 Å². The Labute approximate surface area is 175 Å². The van der Waals surface area contributed by atoms with Gasteiger partial charge in [-0.05, 0) is 57.0 Å². The van der Waals surface area contributed by atoms with Crippen LogP contribution in [-0.4, -0.2) is 39.5 Å². The van der Waals surface area contributed by atoms with Crippen molar-refractivity contribution in [3.63, 3.8) is 0 Å². The van der Waals surface area contributed by atoms with Gasteiger partial charge in [-0.3, -0.25) is 4.79 Å². The van der Waals surface area contributed by atoms with Crippen molar-refractivity contribution in [3.8, 4) is 0 Å². The number of nitrogens with one attached hydrogen (secondary N) is 1. The largest absolute Gasteiger partial charge is 0.351 e. The first-order chi connectivity index (χ1) is 14.4. The van der Waals surface area contributed by atoms with Crippen molar-refractivity contribution in [2.75, 3.05) is 18.4 Å². The van der Waals surface area contributed by atoms with Gasteiger partial charge in [0, 0.05) is 36.3 Å². The molecule has 0 spiro atoms. The Bertz CT molecular complexity index is 1090. The molecule has 7 nitrogen and oxygen atoms in total. The average molecular weight is 406 g/mol. The van der Waals surface area contributed by atoms with Crippen LogP contribution >= 0.6 is 0 Å². The fourth-order valence-electron chi connectivity index (χ4n) is 4.32. The number of hydrogen-bond acceptors (Lipinski definition) is 3. The van der Waals surface area contributed by atoms with Gasteiger partial charge in [-0.1, -0.05) is 18.2 Å². The maximum atomic E-state index is 13.2. The molecule has 0 bridgehead atoms. The van der Waals surface area contributed by atoms with E-state index in [1.807, 2.05) is 23.1 Å². The van der Waals surface area contributed by atoms with Gasteiger partial charge in [0.05, 0.1) is 11.0 Å². The summed E-state index contributed by atoms with van der Waals surface area (Å²) >= 11 is 0. The Morgan fingerprint density at radius 2 is 1.97 bits per heavy atom. The van der Waals surface area contributed by atoms with E-state index in [1.54, 1.807) is 24.3 Å². The van der Waals surface area contributed by atoms with Crippen molar-refractivity contribution in [1.29, 1.82) is 0 Å². The molecule has 30 heavy (non-hydrogen) atoms. The Kier molecular flexibility index (Phi) is 5.44. The number of para-hydroxylation sites is 2. The number of benzene rings is 2. The summed E-state index contributed by atoms with van der Waals surface area (Å²) in [5.41, 5.74) is 8.38. The van der Waals surface area contributed by atoms with Gasteiger partial charge < -0.3 is 20.5 Å². The van der Waals surface area contributed by atoms with Gasteiger partial charge >= 0.3 is 6.03 Å². The highest BCUT2D eigenvalue weighted by Crippen LogP contribution is 2.32. The Morgan fingerprint density at radius 1 is 1.17 bits per heavy atom. The van der Waals surface area contributed by atoms with Crippen molar-refractivity contribution >= 4 is 28.7 Å². The van der Waals surface area contributed by atoms with E-state index >= 15 is 0 Å². The first kappa shape index (κ1) is 19.9. The molecule has 0 radical (unpaired) electrons. The highest BCUT2D eigenvalue weighted by atomic mass is 16.2. The minimum atomic E-state index is -0.648. The minimum absolute atomic E-state index is 0.0416. The summed E-state index contributed by atoms with van der Waals surface area (Å²) < 4.78 is 2.30. The molecule has 3 N–H and O–H groups in total. The van der Waals surface area contributed by atoms with E-state index in [2.05, 4.69) is 29.8 Å². The summed E-state index contributed by atoms with van der Waals surface area (Å²) in [6, 6.07) is 14.7. The van der Waals surface area contributed by atoms with Crippen LogP contribution in [0.4, 0.5) is 10.5 Å². The van der Waals surface area contributed by atoms with E-state index in [0.29, 0.717) is 24.3 Å². The molecule has 156 valence electrons. The molecule has 7 heteroatoms. The van der Waals surface area contributed by atoms with E-state index in [4.69, 9.17) is 10.7 Å². The number of amides is 3. The van der Waals surface area contributed by atoms with E-state index in [9.17, 15) is 9.59 Å². The van der Waals surface area contributed by atoms with Gasteiger partial charge in [0.25, 0.3) is 5.91 Å². The highest BCUT2D eigenvalue weighted by Gasteiger charge is 2.29. The number of carbonyl (C=O) groups is 2. The lowest BCUT2D eigenvalue weighted by Crippen LogP contribution is -2.39. The first-order valence-electron chi connectivity index (χ1n) is 10.4. The maximum absolute atomic E-state index is 13.2. The van der Waals surface area contributed by atoms with Gasteiger partial charge in [-0.15, -0.1) is 0 Å². The molecule has 2 heterocycles. The molecule has 0 saturated carbocycles. The van der Waals surface area contributed by atoms with E-state index in [0.717, 1.165) is 29.7 Å². The number of primary amides is 1. The predicted molar refractivity (Wildman–Crippen MR) is 118 cm³/mol. The summed E-state index contributed by atoms with van der Waals surface area (Å²) in [5.74, 6) is 1.19. The number of nitrogens with zero attached hydrogens (tertiary/aromatic N) is 3. The van der Waals surface area contributed by atoms with Gasteiger partial charge in [0.2, 0.25) is 0 Å². The van der Waals surface area contributed by atoms with Crippen LogP contribution < -0.4 is 11.1 Å². The average Bonchev–Trinajstić information content (AvgIpc) is 3.13. The number of imidazole rings is 1. The Hall–Kier alpha value is -3.35. The highest BCUT2D eigenvalue weighted by molar-refractivity contribution is 5.96. The fraction of sp³-hybridized carbons (Fsp3) is 0.348. The molecule has 1 unspecified atom stereocenters. The number of fused-ring (bicyclic) bond motifs is 1. The topological polar surface area (TPSA) is 93.3 Å². The number of likely N-dealkylation sites (tertiary alicyclic amines) is 1. The summed E-state index contributed by atoms with van der Waals surface area (Å²) in [6.45, 7) is 5.67. The lowest BCUT2D eigenvalue weighted by molar-refractivity contribution is 0.0703. The second kappa shape index (κ2) is 8.18. The number of rotatable bonds is 4. The van der Waals surface area contributed by atoms with Crippen LogP contribution in [0.15, 0.2) is 48.5 Å². The van der Waals surface area contributed by atoms with E-state index in [1.165, 1.54) is 0 Å². The number of urea groups is 1. The van der Waals surface area contributed by atoms with Crippen LogP contribution in [-0.2, 0) is 0 Å². The third-order valence-electron chi connectivity index (χ3n) is 5.59. The van der Waals surface area contributed by atoms with Crippen LogP contribution in [0.3, 0.4) is 0 Å². The molecule has 1 aliphatic rings. The Morgan fingerprint density at radius 3 is 2.73 bits per heavy atom. The molecule has 1 fully saturated rings. The standard InChI is InChI=1S/C23H27N5O2/c1-15(2)28-20-11-4-3-10-19(20)26-21(28)17-8-6-12-27(14-17)22(29)16-7-5-9-18(13-16)25-23(24)30/h3-5,7,9-11,13,15,17H,6,8,12,14H2,1-2H3,(H3,24,25,30). The summed E-state index contributed by atoms with van der Waals surface area (Å²) in [6.07, 6.45) is 1.93. The van der Waals surface area contributed by atoms with Crippen LogP contribution in [0, 0.1) is 0 Å². The quantitative estimate of drug-likeness (QED) is 0.683. The molecule has 1 atom stereocenters. The predicted octanol–water partition coefficient (Wildman–Crippen LogP) is 4.13. The van der Waals surface area contributed by atoms with Crippen molar-refractivity contribution in [2.24, 2.45) is 5.73 Å². The zero-order chi connectivity index (χ0) is 21.3. The second-order valence-corrected chi connectivity index (χ2v) is 8.08. The zero-order valence-corrected chi connectivity index (χ0v) is 17.3. The number of nitrogens with two attached hydrogens (primary N) is 1. The zero-order valence-electron chi connectivity index (χ0n) is 17.3. The monoisotopic (exact) mass is 405 g/mol. The normalized spacial score (nSPS) is 16.8. The van der Waals surface area contributed by atoms with Crippen LogP contribution in [0.5, 0.6) is 0 Å². The number of aromatic nitrogens is 2. The second-order valence-electron chi connectivity index (χ2n) is 8.08. The molecular weight excluding hydrogens is 378 g/mol. The molecule has 1 saturated heterocycles. The molecular formula is C23H27N5O2. The lowest BCUT2D eigenvalue weighted by Gasteiger charge is -2.33.